The van der Waals surface area contributed by atoms with Gasteiger partial charge in [0.2, 0.25) is 5.91 Å². The number of nitrogens with one attached hydrogen (secondary N) is 2. The van der Waals surface area contributed by atoms with E-state index in [0.29, 0.717) is 30.6 Å². The van der Waals surface area contributed by atoms with Crippen LogP contribution >= 0.6 is 0 Å². The average Bonchev–Trinajstić information content (AvgIpc) is 2.95. The van der Waals surface area contributed by atoms with Crippen LogP contribution in [0.2, 0.25) is 0 Å². The van der Waals surface area contributed by atoms with Crippen molar-refractivity contribution in [3.8, 4) is 5.82 Å². The highest BCUT2D eigenvalue weighted by Crippen LogP contribution is 2.17. The van der Waals surface area contributed by atoms with Crippen molar-refractivity contribution < 1.29 is 4.79 Å². The monoisotopic (exact) mass is 342 g/mol. The lowest BCUT2D eigenvalue weighted by Crippen LogP contribution is -2.36. The molecule has 0 aromatic carbocycles. The van der Waals surface area contributed by atoms with Gasteiger partial charge < -0.3 is 10.6 Å². The normalized spacial score (nSPS) is 15.1. The fourth-order valence-electron chi connectivity index (χ4n) is 3.24. The first-order valence-electron chi connectivity index (χ1n) is 9.02. The Hall–Kier alpha value is -2.44. The maximum absolute atomic E-state index is 12.0. The maximum Gasteiger partial charge on any atom is 0.221 e. The van der Waals surface area contributed by atoms with E-state index in [1.165, 1.54) is 19.3 Å². The molecule has 1 aliphatic rings. The van der Waals surface area contributed by atoms with Gasteiger partial charge in [0.25, 0.3) is 0 Å². The third kappa shape index (κ3) is 4.78. The molecule has 134 valence electrons. The molecule has 0 spiro atoms. The van der Waals surface area contributed by atoms with Gasteiger partial charge in [0.1, 0.15) is 5.82 Å². The van der Waals surface area contributed by atoms with E-state index in [4.69, 9.17) is 0 Å². The zero-order valence-electron chi connectivity index (χ0n) is 15.0. The summed E-state index contributed by atoms with van der Waals surface area (Å²) in [6, 6.07) is 6.09. The highest BCUT2D eigenvalue weighted by Gasteiger charge is 2.15. The zero-order chi connectivity index (χ0) is 17.6. The number of amides is 1. The summed E-state index contributed by atoms with van der Waals surface area (Å²) in [5.74, 6) is 1.45. The van der Waals surface area contributed by atoms with Gasteiger partial charge in [-0.1, -0.05) is 19.3 Å². The van der Waals surface area contributed by atoms with Gasteiger partial charge in [0.15, 0.2) is 5.82 Å². The molecule has 25 heavy (non-hydrogen) atoms. The molecule has 2 aromatic heterocycles. The van der Waals surface area contributed by atoms with Crippen molar-refractivity contribution in [2.45, 2.75) is 58.4 Å². The lowest BCUT2D eigenvalue weighted by atomic mass is 9.95. The molecule has 0 radical (unpaired) electrons. The Balaban J connectivity index is 1.45. The molecule has 3 rings (SSSR count). The predicted octanol–water partition coefficient (Wildman–Crippen LogP) is 2.53. The number of aromatic nitrogens is 4. The average molecular weight is 342 g/mol. The van der Waals surface area contributed by atoms with Crippen molar-refractivity contribution in [2.24, 2.45) is 0 Å². The molecule has 1 aliphatic carbocycles. The lowest BCUT2D eigenvalue weighted by molar-refractivity contribution is -0.121. The third-order valence-electron chi connectivity index (χ3n) is 4.51. The molecule has 0 unspecified atom stereocenters. The van der Waals surface area contributed by atoms with E-state index in [1.807, 2.05) is 32.0 Å². The first-order valence-corrected chi connectivity index (χ1v) is 9.02. The van der Waals surface area contributed by atoms with Gasteiger partial charge in [0, 0.05) is 24.7 Å². The topological polar surface area (TPSA) is 84.7 Å². The number of nitrogens with zero attached hydrogens (tertiary/aromatic N) is 4. The summed E-state index contributed by atoms with van der Waals surface area (Å²) < 4.78 is 1.77. The molecule has 1 amide bonds. The molecule has 0 atom stereocenters. The summed E-state index contributed by atoms with van der Waals surface area (Å²) in [4.78, 5) is 12.0. The Morgan fingerprint density at radius 3 is 2.64 bits per heavy atom. The van der Waals surface area contributed by atoms with Gasteiger partial charge in [0.05, 0.1) is 5.69 Å². The molecular formula is C18H26N6O. The van der Waals surface area contributed by atoms with Crippen LogP contribution in [0.25, 0.3) is 5.82 Å². The smallest absolute Gasteiger partial charge is 0.221 e. The molecule has 2 heterocycles. The van der Waals surface area contributed by atoms with Crippen molar-refractivity contribution in [3.63, 3.8) is 0 Å². The largest absolute Gasteiger partial charge is 0.368 e. The Kier molecular flexibility index (Phi) is 5.63. The number of hydrogen-bond donors (Lipinski definition) is 2. The van der Waals surface area contributed by atoms with Crippen LogP contribution in [0.5, 0.6) is 0 Å². The SMILES string of the molecule is Cc1cc(C)n(-c2ccc(NCCC(=O)NC3CCCCC3)nn2)n1. The van der Waals surface area contributed by atoms with Crippen LogP contribution in [0.3, 0.4) is 0 Å². The van der Waals surface area contributed by atoms with E-state index < -0.39 is 0 Å². The molecule has 1 saturated carbocycles. The number of carbonyl (C=O) groups excluding carboxylic acids is 1. The summed E-state index contributed by atoms with van der Waals surface area (Å²) in [5, 5.41) is 19.0. The molecule has 0 saturated heterocycles. The van der Waals surface area contributed by atoms with Gasteiger partial charge in [-0.2, -0.15) is 5.10 Å². The van der Waals surface area contributed by atoms with Crippen LogP contribution < -0.4 is 10.6 Å². The quantitative estimate of drug-likeness (QED) is 0.843. The van der Waals surface area contributed by atoms with Crippen LogP contribution in [0, 0.1) is 13.8 Å². The van der Waals surface area contributed by atoms with Crippen molar-refractivity contribution in [3.05, 3.63) is 29.6 Å². The number of aryl methyl sites for hydroxylation is 2. The fraction of sp³-hybridized carbons (Fsp3) is 0.556. The van der Waals surface area contributed by atoms with Crippen molar-refractivity contribution in [1.29, 1.82) is 0 Å². The minimum atomic E-state index is 0.103. The summed E-state index contributed by atoms with van der Waals surface area (Å²) >= 11 is 0. The molecule has 0 aliphatic heterocycles. The van der Waals surface area contributed by atoms with Gasteiger partial charge >= 0.3 is 0 Å². The molecule has 7 nitrogen and oxygen atoms in total. The van der Waals surface area contributed by atoms with Crippen molar-refractivity contribution >= 4 is 11.7 Å². The lowest BCUT2D eigenvalue weighted by Gasteiger charge is -2.22. The van der Waals surface area contributed by atoms with Gasteiger partial charge in [-0.15, -0.1) is 10.2 Å². The minimum absolute atomic E-state index is 0.103. The van der Waals surface area contributed by atoms with E-state index in [1.54, 1.807) is 4.68 Å². The van der Waals surface area contributed by atoms with E-state index in [0.717, 1.165) is 24.2 Å². The minimum Gasteiger partial charge on any atom is -0.368 e. The van der Waals surface area contributed by atoms with E-state index >= 15 is 0 Å². The highest BCUT2D eigenvalue weighted by molar-refractivity contribution is 5.76. The standard InChI is InChI=1S/C18H26N6O/c1-13-12-14(2)24(23-13)17-9-8-16(21-22-17)19-11-10-18(25)20-15-6-4-3-5-7-15/h8-9,12,15H,3-7,10-11H2,1-2H3,(H,19,21)(H,20,25). The fourth-order valence-corrected chi connectivity index (χ4v) is 3.24. The molecule has 2 aromatic rings. The summed E-state index contributed by atoms with van der Waals surface area (Å²) in [6.07, 6.45) is 6.40. The first-order chi connectivity index (χ1) is 12.1. The van der Waals surface area contributed by atoms with E-state index in [9.17, 15) is 4.79 Å². The molecule has 2 N–H and O–H groups in total. The maximum atomic E-state index is 12.0. The number of rotatable bonds is 6. The van der Waals surface area contributed by atoms with Crippen LogP contribution in [0.4, 0.5) is 5.82 Å². The van der Waals surface area contributed by atoms with Crippen LogP contribution in [-0.2, 0) is 4.79 Å². The second kappa shape index (κ2) is 8.09. The molecule has 7 heteroatoms. The Morgan fingerprint density at radius 2 is 2.00 bits per heavy atom. The van der Waals surface area contributed by atoms with E-state index in [2.05, 4.69) is 25.9 Å². The molecule has 0 bridgehead atoms. The van der Waals surface area contributed by atoms with Crippen LogP contribution in [0.15, 0.2) is 18.2 Å². The Bertz CT molecular complexity index is 703. The Labute approximate surface area is 148 Å². The summed E-state index contributed by atoms with van der Waals surface area (Å²) in [6.45, 7) is 4.48. The van der Waals surface area contributed by atoms with Gasteiger partial charge in [-0.25, -0.2) is 4.68 Å². The molecular weight excluding hydrogens is 316 g/mol. The number of carbonyl (C=O) groups is 1. The Morgan fingerprint density at radius 1 is 1.20 bits per heavy atom. The second-order valence-electron chi connectivity index (χ2n) is 6.69. The van der Waals surface area contributed by atoms with Crippen LogP contribution in [-0.4, -0.2) is 38.5 Å². The third-order valence-corrected chi connectivity index (χ3v) is 4.51. The predicted molar refractivity (Wildman–Crippen MR) is 96.8 cm³/mol. The highest BCUT2D eigenvalue weighted by atomic mass is 16.1. The van der Waals surface area contributed by atoms with Crippen LogP contribution in [0.1, 0.15) is 49.9 Å². The van der Waals surface area contributed by atoms with Gasteiger partial charge in [-0.3, -0.25) is 4.79 Å². The van der Waals surface area contributed by atoms with Crippen molar-refractivity contribution in [2.75, 3.05) is 11.9 Å². The number of anilines is 1. The second-order valence-corrected chi connectivity index (χ2v) is 6.69. The van der Waals surface area contributed by atoms with Crippen molar-refractivity contribution in [1.82, 2.24) is 25.3 Å². The zero-order valence-corrected chi connectivity index (χ0v) is 15.0. The summed E-state index contributed by atoms with van der Waals surface area (Å²) in [5.41, 5.74) is 1.97. The van der Waals surface area contributed by atoms with E-state index in [-0.39, 0.29) is 5.91 Å². The van der Waals surface area contributed by atoms with Gasteiger partial charge in [-0.05, 0) is 44.9 Å². The first kappa shape index (κ1) is 17.4. The number of hydrogen-bond acceptors (Lipinski definition) is 5. The molecule has 1 fully saturated rings. The summed E-state index contributed by atoms with van der Waals surface area (Å²) in [7, 11) is 0.